The van der Waals surface area contributed by atoms with Gasteiger partial charge in [-0.05, 0) is 37.3 Å². The van der Waals surface area contributed by atoms with Gasteiger partial charge in [-0.25, -0.2) is 5.43 Å². The number of piperazine rings is 1. The third kappa shape index (κ3) is 5.73. The number of nitrogens with one attached hydrogen (secondary N) is 1. The molecule has 0 saturated carbocycles. The first-order chi connectivity index (χ1) is 14.6. The Balaban J connectivity index is 1.44. The highest BCUT2D eigenvalue weighted by molar-refractivity contribution is 5.99. The van der Waals surface area contributed by atoms with Crippen LogP contribution in [0.3, 0.4) is 0 Å². The molecule has 1 N–H and O–H groups in total. The number of hydrogen-bond acceptors (Lipinski definition) is 6. The Morgan fingerprint density at radius 2 is 1.70 bits per heavy atom. The molecule has 7 nitrogen and oxygen atoms in total. The number of carbonyl (C=O) groups excluding carboxylic acids is 1. The highest BCUT2D eigenvalue weighted by Crippen LogP contribution is 2.27. The molecule has 1 aliphatic rings. The molecule has 1 amide bonds. The zero-order valence-corrected chi connectivity index (χ0v) is 17.9. The van der Waals surface area contributed by atoms with Crippen molar-refractivity contribution in [2.45, 2.75) is 13.3 Å². The van der Waals surface area contributed by atoms with Crippen LogP contribution in [0.4, 0.5) is 5.69 Å². The molecule has 1 fully saturated rings. The maximum absolute atomic E-state index is 12.2. The summed E-state index contributed by atoms with van der Waals surface area (Å²) in [7, 11) is 3.19. The maximum Gasteiger partial charge on any atom is 0.241 e. The Hall–Kier alpha value is -3.06. The quantitative estimate of drug-likeness (QED) is 0.535. The minimum atomic E-state index is -0.0830. The standard InChI is InChI=1S/C23H30N4O3/c1-18(19-9-10-21(29-2)22(17-19)30-3)24-25-23(28)11-12-26-13-15-27(16-14-26)20-7-5-4-6-8-20/h4-10,17H,11-16H2,1-3H3,(H,25,28). The molecule has 0 aliphatic carbocycles. The summed E-state index contributed by atoms with van der Waals surface area (Å²) >= 11 is 0. The number of amides is 1. The lowest BCUT2D eigenvalue weighted by Gasteiger charge is -2.36. The van der Waals surface area contributed by atoms with Crippen molar-refractivity contribution in [2.24, 2.45) is 5.10 Å². The van der Waals surface area contributed by atoms with Gasteiger partial charge in [0, 0.05) is 50.4 Å². The van der Waals surface area contributed by atoms with Gasteiger partial charge in [0.1, 0.15) is 0 Å². The zero-order valence-electron chi connectivity index (χ0n) is 17.9. The normalized spacial score (nSPS) is 15.0. The van der Waals surface area contributed by atoms with E-state index in [0.717, 1.165) is 38.3 Å². The zero-order chi connectivity index (χ0) is 21.3. The number of rotatable bonds is 8. The van der Waals surface area contributed by atoms with Crippen LogP contribution in [0.2, 0.25) is 0 Å². The van der Waals surface area contributed by atoms with E-state index < -0.39 is 0 Å². The van der Waals surface area contributed by atoms with Crippen molar-refractivity contribution in [1.82, 2.24) is 10.3 Å². The lowest BCUT2D eigenvalue weighted by atomic mass is 10.1. The molecule has 2 aromatic rings. The second kappa shape index (κ2) is 10.6. The second-order valence-corrected chi connectivity index (χ2v) is 7.22. The molecule has 0 bridgehead atoms. The number of carbonyl (C=O) groups is 1. The minimum Gasteiger partial charge on any atom is -0.493 e. The average molecular weight is 411 g/mol. The van der Waals surface area contributed by atoms with Gasteiger partial charge in [-0.1, -0.05) is 18.2 Å². The van der Waals surface area contributed by atoms with Crippen molar-refractivity contribution in [3.8, 4) is 11.5 Å². The molecule has 1 saturated heterocycles. The Morgan fingerprint density at radius 1 is 1.00 bits per heavy atom. The molecule has 0 radical (unpaired) electrons. The van der Waals surface area contributed by atoms with Gasteiger partial charge in [0.05, 0.1) is 19.9 Å². The third-order valence-corrected chi connectivity index (χ3v) is 5.30. The molecule has 3 rings (SSSR count). The van der Waals surface area contributed by atoms with Crippen LogP contribution in [-0.2, 0) is 4.79 Å². The predicted octanol–water partition coefficient (Wildman–Crippen LogP) is 2.76. The van der Waals surface area contributed by atoms with E-state index in [9.17, 15) is 4.79 Å². The number of hydrazone groups is 1. The van der Waals surface area contributed by atoms with E-state index in [4.69, 9.17) is 9.47 Å². The highest BCUT2D eigenvalue weighted by Gasteiger charge is 2.17. The lowest BCUT2D eigenvalue weighted by Crippen LogP contribution is -2.47. The van der Waals surface area contributed by atoms with Gasteiger partial charge in [0.25, 0.3) is 0 Å². The summed E-state index contributed by atoms with van der Waals surface area (Å²) in [4.78, 5) is 16.9. The number of benzene rings is 2. The van der Waals surface area contributed by atoms with Gasteiger partial charge >= 0.3 is 0 Å². The number of methoxy groups -OCH3 is 2. The van der Waals surface area contributed by atoms with E-state index in [1.807, 2.05) is 31.2 Å². The first kappa shape index (κ1) is 21.6. The molecule has 0 aromatic heterocycles. The van der Waals surface area contributed by atoms with E-state index in [2.05, 4.69) is 44.6 Å². The molecule has 0 atom stereocenters. The number of anilines is 1. The molecule has 0 spiro atoms. The molecular weight excluding hydrogens is 380 g/mol. The van der Waals surface area contributed by atoms with E-state index >= 15 is 0 Å². The molecular formula is C23H30N4O3. The predicted molar refractivity (Wildman–Crippen MR) is 120 cm³/mol. The summed E-state index contributed by atoms with van der Waals surface area (Å²) in [6, 6.07) is 16.0. The molecule has 30 heavy (non-hydrogen) atoms. The number of hydrogen-bond donors (Lipinski definition) is 1. The summed E-state index contributed by atoms with van der Waals surface area (Å²) in [5.41, 5.74) is 5.49. The topological polar surface area (TPSA) is 66.4 Å². The van der Waals surface area contributed by atoms with Gasteiger partial charge in [0.2, 0.25) is 5.91 Å². The Labute approximate surface area is 178 Å². The van der Waals surface area contributed by atoms with Crippen LogP contribution in [0.25, 0.3) is 0 Å². The fraction of sp³-hybridized carbons (Fsp3) is 0.391. The van der Waals surface area contributed by atoms with Crippen molar-refractivity contribution in [3.05, 3.63) is 54.1 Å². The van der Waals surface area contributed by atoms with Crippen molar-refractivity contribution >= 4 is 17.3 Å². The SMILES string of the molecule is COc1ccc(C(C)=NNC(=O)CCN2CCN(c3ccccc3)CC2)cc1OC. The van der Waals surface area contributed by atoms with Crippen molar-refractivity contribution in [3.63, 3.8) is 0 Å². The van der Waals surface area contributed by atoms with E-state index in [1.54, 1.807) is 14.2 Å². The molecule has 0 unspecified atom stereocenters. The Bertz CT molecular complexity index is 862. The molecule has 160 valence electrons. The monoisotopic (exact) mass is 410 g/mol. The molecule has 7 heteroatoms. The van der Waals surface area contributed by atoms with Gasteiger partial charge in [0.15, 0.2) is 11.5 Å². The van der Waals surface area contributed by atoms with Crippen LogP contribution in [-0.4, -0.2) is 63.5 Å². The van der Waals surface area contributed by atoms with Crippen molar-refractivity contribution in [1.29, 1.82) is 0 Å². The minimum absolute atomic E-state index is 0.0830. The molecule has 1 aliphatic heterocycles. The summed E-state index contributed by atoms with van der Waals surface area (Å²) in [5.74, 6) is 1.20. The van der Waals surface area contributed by atoms with E-state index in [1.165, 1.54) is 5.69 Å². The van der Waals surface area contributed by atoms with Crippen LogP contribution < -0.4 is 19.8 Å². The average Bonchev–Trinajstić information content (AvgIpc) is 2.81. The van der Waals surface area contributed by atoms with Crippen molar-refractivity contribution < 1.29 is 14.3 Å². The molecule has 1 heterocycles. The first-order valence-corrected chi connectivity index (χ1v) is 10.2. The smallest absolute Gasteiger partial charge is 0.241 e. The third-order valence-electron chi connectivity index (χ3n) is 5.30. The Kier molecular flexibility index (Phi) is 7.68. The fourth-order valence-corrected chi connectivity index (χ4v) is 3.46. The van der Waals surface area contributed by atoms with Crippen LogP contribution in [0, 0.1) is 0 Å². The van der Waals surface area contributed by atoms with Gasteiger partial charge in [-0.2, -0.15) is 5.10 Å². The van der Waals surface area contributed by atoms with Crippen LogP contribution >= 0.6 is 0 Å². The number of nitrogens with zero attached hydrogens (tertiary/aromatic N) is 3. The maximum atomic E-state index is 12.2. The van der Waals surface area contributed by atoms with Gasteiger partial charge in [-0.15, -0.1) is 0 Å². The fourth-order valence-electron chi connectivity index (χ4n) is 3.46. The second-order valence-electron chi connectivity index (χ2n) is 7.22. The number of para-hydroxylation sites is 1. The van der Waals surface area contributed by atoms with E-state index in [-0.39, 0.29) is 5.91 Å². The van der Waals surface area contributed by atoms with E-state index in [0.29, 0.717) is 23.6 Å². The summed E-state index contributed by atoms with van der Waals surface area (Å²) < 4.78 is 10.6. The van der Waals surface area contributed by atoms with Crippen LogP contribution in [0.15, 0.2) is 53.6 Å². The van der Waals surface area contributed by atoms with Gasteiger partial charge in [-0.3, -0.25) is 9.69 Å². The van der Waals surface area contributed by atoms with Gasteiger partial charge < -0.3 is 14.4 Å². The molecule has 2 aromatic carbocycles. The summed E-state index contributed by atoms with van der Waals surface area (Å²) in [5, 5.41) is 4.23. The summed E-state index contributed by atoms with van der Waals surface area (Å²) in [6.07, 6.45) is 0.425. The highest BCUT2D eigenvalue weighted by atomic mass is 16.5. The first-order valence-electron chi connectivity index (χ1n) is 10.2. The van der Waals surface area contributed by atoms with Crippen LogP contribution in [0.5, 0.6) is 11.5 Å². The summed E-state index contributed by atoms with van der Waals surface area (Å²) in [6.45, 7) is 6.44. The Morgan fingerprint density at radius 3 is 2.37 bits per heavy atom. The largest absolute Gasteiger partial charge is 0.493 e. The van der Waals surface area contributed by atoms with Crippen LogP contribution in [0.1, 0.15) is 18.9 Å². The van der Waals surface area contributed by atoms with Crippen molar-refractivity contribution in [2.75, 3.05) is 51.8 Å². The number of ether oxygens (including phenoxy) is 2. The lowest BCUT2D eigenvalue weighted by molar-refractivity contribution is -0.121.